The fraction of sp³-hybridized carbons (Fsp3) is 0.100. The number of furan rings is 1. The number of amides is 2. The maximum absolute atomic E-state index is 12.6. The SMILES string of the molecule is O=C(Nc1ccc(N2CCOC2=O)cc1)c1occc1-c1ccccc1. The van der Waals surface area contributed by atoms with Crippen molar-refractivity contribution in [3.8, 4) is 11.1 Å². The highest BCUT2D eigenvalue weighted by molar-refractivity contribution is 6.06. The monoisotopic (exact) mass is 348 g/mol. The second-order valence-electron chi connectivity index (χ2n) is 5.80. The van der Waals surface area contributed by atoms with Crippen LogP contribution in [0.1, 0.15) is 10.6 Å². The second kappa shape index (κ2) is 6.76. The van der Waals surface area contributed by atoms with Crippen LogP contribution in [-0.2, 0) is 4.74 Å². The highest BCUT2D eigenvalue weighted by Gasteiger charge is 2.23. The van der Waals surface area contributed by atoms with E-state index in [2.05, 4.69) is 5.32 Å². The summed E-state index contributed by atoms with van der Waals surface area (Å²) >= 11 is 0. The zero-order valence-electron chi connectivity index (χ0n) is 13.8. The third-order valence-corrected chi connectivity index (χ3v) is 4.15. The molecule has 0 bridgehead atoms. The van der Waals surface area contributed by atoms with Gasteiger partial charge >= 0.3 is 6.09 Å². The van der Waals surface area contributed by atoms with Crippen molar-refractivity contribution < 1.29 is 18.7 Å². The predicted octanol–water partition coefficient (Wildman–Crippen LogP) is 4.16. The van der Waals surface area contributed by atoms with Crippen LogP contribution in [0.5, 0.6) is 0 Å². The smallest absolute Gasteiger partial charge is 0.414 e. The number of hydrogen-bond acceptors (Lipinski definition) is 4. The lowest BCUT2D eigenvalue weighted by Gasteiger charge is -2.13. The molecule has 26 heavy (non-hydrogen) atoms. The Hall–Kier alpha value is -3.54. The highest BCUT2D eigenvalue weighted by Crippen LogP contribution is 2.26. The minimum Gasteiger partial charge on any atom is -0.459 e. The summed E-state index contributed by atoms with van der Waals surface area (Å²) in [4.78, 5) is 25.7. The molecule has 1 aliphatic rings. The Bertz CT molecular complexity index is 932. The van der Waals surface area contributed by atoms with Crippen molar-refractivity contribution in [1.82, 2.24) is 0 Å². The lowest BCUT2D eigenvalue weighted by molar-refractivity contribution is 0.0997. The Morgan fingerprint density at radius 1 is 1.00 bits per heavy atom. The molecule has 6 nitrogen and oxygen atoms in total. The van der Waals surface area contributed by atoms with Gasteiger partial charge in [0.15, 0.2) is 5.76 Å². The summed E-state index contributed by atoms with van der Waals surface area (Å²) < 4.78 is 10.3. The molecule has 1 aromatic heterocycles. The summed E-state index contributed by atoms with van der Waals surface area (Å²) in [6.07, 6.45) is 1.14. The number of carbonyl (C=O) groups excluding carboxylic acids is 2. The van der Waals surface area contributed by atoms with Crippen molar-refractivity contribution in [3.05, 3.63) is 72.7 Å². The number of nitrogens with zero attached hydrogens (tertiary/aromatic N) is 1. The van der Waals surface area contributed by atoms with Crippen molar-refractivity contribution in [3.63, 3.8) is 0 Å². The summed E-state index contributed by atoms with van der Waals surface area (Å²) in [5.41, 5.74) is 2.99. The number of benzene rings is 2. The lowest BCUT2D eigenvalue weighted by atomic mass is 10.1. The Morgan fingerprint density at radius 3 is 2.46 bits per heavy atom. The van der Waals surface area contributed by atoms with Gasteiger partial charge in [-0.05, 0) is 35.9 Å². The van der Waals surface area contributed by atoms with Crippen LogP contribution in [0.15, 0.2) is 71.3 Å². The number of hydrogen-bond donors (Lipinski definition) is 1. The highest BCUT2D eigenvalue weighted by atomic mass is 16.6. The van der Waals surface area contributed by atoms with E-state index in [0.29, 0.717) is 18.8 Å². The summed E-state index contributed by atoms with van der Waals surface area (Å²) in [5.74, 6) is -0.0782. The van der Waals surface area contributed by atoms with E-state index in [4.69, 9.17) is 9.15 Å². The zero-order valence-corrected chi connectivity index (χ0v) is 13.8. The van der Waals surface area contributed by atoms with E-state index in [9.17, 15) is 9.59 Å². The van der Waals surface area contributed by atoms with E-state index < -0.39 is 0 Å². The molecule has 0 saturated carbocycles. The molecule has 3 aromatic rings. The van der Waals surface area contributed by atoms with Gasteiger partial charge in [0, 0.05) is 16.9 Å². The van der Waals surface area contributed by atoms with Crippen LogP contribution >= 0.6 is 0 Å². The molecule has 1 aliphatic heterocycles. The summed E-state index contributed by atoms with van der Waals surface area (Å²) in [6.45, 7) is 0.912. The van der Waals surface area contributed by atoms with Crippen molar-refractivity contribution >= 4 is 23.4 Å². The van der Waals surface area contributed by atoms with E-state index in [0.717, 1.165) is 16.8 Å². The summed E-state index contributed by atoms with van der Waals surface area (Å²) in [5, 5.41) is 2.82. The van der Waals surface area contributed by atoms with Crippen molar-refractivity contribution in [2.75, 3.05) is 23.4 Å². The van der Waals surface area contributed by atoms with Gasteiger partial charge in [-0.2, -0.15) is 0 Å². The molecule has 0 radical (unpaired) electrons. The summed E-state index contributed by atoms with van der Waals surface area (Å²) in [6, 6.07) is 18.4. The first-order valence-electron chi connectivity index (χ1n) is 8.21. The van der Waals surface area contributed by atoms with Gasteiger partial charge in [-0.1, -0.05) is 30.3 Å². The first-order valence-corrected chi connectivity index (χ1v) is 8.21. The van der Waals surface area contributed by atoms with Crippen LogP contribution in [0.2, 0.25) is 0 Å². The molecule has 0 aliphatic carbocycles. The number of carbonyl (C=O) groups is 2. The molecular weight excluding hydrogens is 332 g/mol. The Morgan fingerprint density at radius 2 is 1.77 bits per heavy atom. The van der Waals surface area contributed by atoms with Gasteiger partial charge < -0.3 is 14.5 Å². The number of cyclic esters (lactones) is 1. The maximum atomic E-state index is 12.6. The van der Waals surface area contributed by atoms with E-state index in [1.807, 2.05) is 30.3 Å². The van der Waals surface area contributed by atoms with Crippen LogP contribution in [0.4, 0.5) is 16.2 Å². The number of nitrogens with one attached hydrogen (secondary N) is 1. The van der Waals surface area contributed by atoms with Crippen molar-refractivity contribution in [1.29, 1.82) is 0 Å². The van der Waals surface area contributed by atoms with Gasteiger partial charge in [-0.3, -0.25) is 9.69 Å². The Balaban J connectivity index is 1.51. The first kappa shape index (κ1) is 16.0. The third kappa shape index (κ3) is 3.04. The van der Waals surface area contributed by atoms with Gasteiger partial charge in [-0.15, -0.1) is 0 Å². The fourth-order valence-corrected chi connectivity index (χ4v) is 2.87. The fourth-order valence-electron chi connectivity index (χ4n) is 2.87. The molecule has 1 saturated heterocycles. The zero-order chi connectivity index (χ0) is 17.9. The van der Waals surface area contributed by atoms with Crippen molar-refractivity contribution in [2.45, 2.75) is 0 Å². The molecule has 2 amide bonds. The Labute approximate surface area is 150 Å². The van der Waals surface area contributed by atoms with E-state index in [1.54, 1.807) is 35.2 Å². The molecule has 4 rings (SSSR count). The number of ether oxygens (including phenoxy) is 1. The molecule has 1 N–H and O–H groups in total. The molecule has 1 fully saturated rings. The first-order chi connectivity index (χ1) is 12.7. The van der Waals surface area contributed by atoms with Crippen LogP contribution in [0.25, 0.3) is 11.1 Å². The minimum atomic E-state index is -0.357. The van der Waals surface area contributed by atoms with Gasteiger partial charge in [0.25, 0.3) is 5.91 Å². The van der Waals surface area contributed by atoms with Crippen LogP contribution in [0.3, 0.4) is 0 Å². The van der Waals surface area contributed by atoms with Crippen molar-refractivity contribution in [2.24, 2.45) is 0 Å². The Kier molecular flexibility index (Phi) is 4.15. The average Bonchev–Trinajstić information content (AvgIpc) is 3.32. The second-order valence-corrected chi connectivity index (χ2v) is 5.80. The predicted molar refractivity (Wildman–Crippen MR) is 97.2 cm³/mol. The standard InChI is InChI=1S/C20H16N2O4/c23-19(18-17(10-12-25-18)14-4-2-1-3-5-14)21-15-6-8-16(9-7-15)22-11-13-26-20(22)24/h1-10,12H,11,13H2,(H,21,23). The maximum Gasteiger partial charge on any atom is 0.414 e. The topological polar surface area (TPSA) is 71.8 Å². The van der Waals surface area contributed by atoms with Gasteiger partial charge in [-0.25, -0.2) is 4.79 Å². The van der Waals surface area contributed by atoms with Crippen LogP contribution in [-0.4, -0.2) is 25.2 Å². The van der Waals surface area contributed by atoms with Gasteiger partial charge in [0.2, 0.25) is 0 Å². The van der Waals surface area contributed by atoms with E-state index in [-0.39, 0.29) is 17.8 Å². The number of anilines is 2. The quantitative estimate of drug-likeness (QED) is 0.769. The molecule has 0 spiro atoms. The molecular formula is C20H16N2O4. The lowest BCUT2D eigenvalue weighted by Crippen LogP contribution is -2.23. The van der Waals surface area contributed by atoms with E-state index in [1.165, 1.54) is 6.26 Å². The molecule has 130 valence electrons. The van der Waals surface area contributed by atoms with E-state index >= 15 is 0 Å². The third-order valence-electron chi connectivity index (χ3n) is 4.15. The molecule has 0 unspecified atom stereocenters. The summed E-state index contributed by atoms with van der Waals surface area (Å²) in [7, 11) is 0. The van der Waals surface area contributed by atoms with Crippen LogP contribution in [0, 0.1) is 0 Å². The van der Waals surface area contributed by atoms with Gasteiger partial charge in [0.1, 0.15) is 6.61 Å². The molecule has 2 heterocycles. The number of rotatable bonds is 4. The van der Waals surface area contributed by atoms with Crippen LogP contribution < -0.4 is 10.2 Å². The molecule has 6 heteroatoms. The molecule has 2 aromatic carbocycles. The molecule has 0 atom stereocenters. The largest absolute Gasteiger partial charge is 0.459 e. The normalized spacial score (nSPS) is 13.5. The minimum absolute atomic E-state index is 0.253. The average molecular weight is 348 g/mol. The van der Waals surface area contributed by atoms with Gasteiger partial charge in [0.05, 0.1) is 12.8 Å².